The van der Waals surface area contributed by atoms with Crippen LogP contribution in [0.3, 0.4) is 0 Å². The maximum Gasteiger partial charge on any atom is 0.306 e. The van der Waals surface area contributed by atoms with Crippen LogP contribution < -0.4 is 4.74 Å². The maximum absolute atomic E-state index is 12.1. The smallest absolute Gasteiger partial charge is 0.306 e. The Balaban J connectivity index is 2.03. The van der Waals surface area contributed by atoms with E-state index in [2.05, 4.69) is 5.10 Å². The Hall–Kier alpha value is -2.89. The summed E-state index contributed by atoms with van der Waals surface area (Å²) < 4.78 is 6.96. The zero-order chi connectivity index (χ0) is 16.8. The summed E-state index contributed by atoms with van der Waals surface area (Å²) in [4.78, 5) is 22.6. The van der Waals surface area contributed by atoms with Crippen LogP contribution in [0.5, 0.6) is 5.75 Å². The molecular weight excluding hydrogens is 296 g/mol. The third-order valence-electron chi connectivity index (χ3n) is 3.15. The highest BCUT2D eigenvalue weighted by Crippen LogP contribution is 2.15. The first-order valence-electron chi connectivity index (χ1n) is 7.13. The van der Waals surface area contributed by atoms with Crippen LogP contribution in [0.4, 0.5) is 0 Å². The second-order valence-electron chi connectivity index (χ2n) is 5.06. The van der Waals surface area contributed by atoms with Gasteiger partial charge in [0.05, 0.1) is 24.3 Å². The molecule has 0 saturated heterocycles. The molecule has 0 spiro atoms. The van der Waals surface area contributed by atoms with Gasteiger partial charge in [0.2, 0.25) is 0 Å². The van der Waals surface area contributed by atoms with E-state index in [-0.39, 0.29) is 18.8 Å². The van der Waals surface area contributed by atoms with Gasteiger partial charge in [-0.15, -0.1) is 0 Å². The minimum atomic E-state index is -0.904. The summed E-state index contributed by atoms with van der Waals surface area (Å²) in [6.45, 7) is 1.90. The molecule has 2 aromatic rings. The summed E-state index contributed by atoms with van der Waals surface area (Å²) >= 11 is 0. The Bertz CT molecular complexity index is 747. The van der Waals surface area contributed by atoms with Crippen LogP contribution in [-0.4, -0.2) is 33.2 Å². The molecule has 0 aliphatic heterocycles. The van der Waals surface area contributed by atoms with E-state index in [9.17, 15) is 9.59 Å². The van der Waals surface area contributed by atoms with E-state index < -0.39 is 5.97 Å². The van der Waals surface area contributed by atoms with E-state index in [0.29, 0.717) is 17.0 Å². The highest BCUT2D eigenvalue weighted by molar-refractivity contribution is 6.07. The number of carbonyl (C=O) groups is 2. The quantitative estimate of drug-likeness (QED) is 0.627. The second kappa shape index (κ2) is 7.40. The molecule has 120 valence electrons. The van der Waals surface area contributed by atoms with Gasteiger partial charge in [-0.2, -0.15) is 5.10 Å². The normalized spacial score (nSPS) is 10.9. The van der Waals surface area contributed by atoms with Crippen molar-refractivity contribution in [2.24, 2.45) is 7.05 Å². The van der Waals surface area contributed by atoms with Crippen molar-refractivity contribution < 1.29 is 19.4 Å². The van der Waals surface area contributed by atoms with E-state index in [4.69, 9.17) is 9.84 Å². The number of ether oxygens (including phenoxy) is 1. The fourth-order valence-corrected chi connectivity index (χ4v) is 2.07. The van der Waals surface area contributed by atoms with Gasteiger partial charge in [0.25, 0.3) is 0 Å². The third-order valence-corrected chi connectivity index (χ3v) is 3.15. The van der Waals surface area contributed by atoms with Crippen LogP contribution in [-0.2, 0) is 11.8 Å². The van der Waals surface area contributed by atoms with Gasteiger partial charge in [0.1, 0.15) is 5.75 Å². The SMILES string of the molecule is Cc1nn(C)cc1C(=O)/C=C\c1cccc(OCCC(=O)O)c1. The Morgan fingerprint density at radius 3 is 2.83 bits per heavy atom. The zero-order valence-electron chi connectivity index (χ0n) is 13.0. The lowest BCUT2D eigenvalue weighted by Gasteiger charge is -2.04. The summed E-state index contributed by atoms with van der Waals surface area (Å²) in [5.74, 6) is -0.454. The first-order valence-corrected chi connectivity index (χ1v) is 7.13. The lowest BCUT2D eigenvalue weighted by Crippen LogP contribution is -2.04. The molecule has 0 atom stereocenters. The molecule has 2 rings (SSSR count). The fourth-order valence-electron chi connectivity index (χ4n) is 2.07. The number of benzene rings is 1. The number of aliphatic carboxylic acids is 1. The summed E-state index contributed by atoms with van der Waals surface area (Å²) in [5, 5.41) is 12.7. The van der Waals surface area contributed by atoms with Crippen LogP contribution >= 0.6 is 0 Å². The number of nitrogens with zero attached hydrogens (tertiary/aromatic N) is 2. The van der Waals surface area contributed by atoms with Crippen LogP contribution in [0.1, 0.15) is 28.0 Å². The number of carboxylic acid groups (broad SMARTS) is 1. The molecule has 1 aromatic carbocycles. The highest BCUT2D eigenvalue weighted by atomic mass is 16.5. The van der Waals surface area contributed by atoms with E-state index in [1.807, 2.05) is 6.07 Å². The molecular formula is C17H18N2O4. The Labute approximate surface area is 134 Å². The Morgan fingerprint density at radius 2 is 2.17 bits per heavy atom. The average molecular weight is 314 g/mol. The van der Waals surface area contributed by atoms with Crippen molar-refractivity contribution in [1.29, 1.82) is 0 Å². The lowest BCUT2D eigenvalue weighted by molar-refractivity contribution is -0.137. The van der Waals surface area contributed by atoms with E-state index in [0.717, 1.165) is 5.56 Å². The maximum atomic E-state index is 12.1. The fraction of sp³-hybridized carbons (Fsp3) is 0.235. The predicted octanol–water partition coefficient (Wildman–Crippen LogP) is 2.48. The first-order chi connectivity index (χ1) is 11.0. The van der Waals surface area contributed by atoms with Crippen LogP contribution in [0, 0.1) is 6.92 Å². The van der Waals surface area contributed by atoms with Crippen molar-refractivity contribution in [3.63, 3.8) is 0 Å². The molecule has 0 aliphatic rings. The third kappa shape index (κ3) is 4.81. The number of allylic oxidation sites excluding steroid dienone is 1. The monoisotopic (exact) mass is 314 g/mol. The van der Waals surface area contributed by atoms with Gasteiger partial charge < -0.3 is 9.84 Å². The number of aryl methyl sites for hydroxylation is 2. The van der Waals surface area contributed by atoms with Gasteiger partial charge in [-0.25, -0.2) is 0 Å². The van der Waals surface area contributed by atoms with Crippen molar-refractivity contribution in [3.8, 4) is 5.75 Å². The van der Waals surface area contributed by atoms with Crippen LogP contribution in [0.15, 0.2) is 36.5 Å². The molecule has 6 nitrogen and oxygen atoms in total. The Morgan fingerprint density at radius 1 is 1.39 bits per heavy atom. The number of carbonyl (C=O) groups excluding carboxylic acids is 1. The molecule has 0 radical (unpaired) electrons. The minimum Gasteiger partial charge on any atom is -0.493 e. The zero-order valence-corrected chi connectivity index (χ0v) is 13.0. The number of carboxylic acids is 1. The molecule has 0 bridgehead atoms. The van der Waals surface area contributed by atoms with Gasteiger partial charge in [0.15, 0.2) is 5.78 Å². The largest absolute Gasteiger partial charge is 0.493 e. The second-order valence-corrected chi connectivity index (χ2v) is 5.06. The van der Waals surface area contributed by atoms with Crippen molar-refractivity contribution in [2.75, 3.05) is 6.61 Å². The summed E-state index contributed by atoms with van der Waals surface area (Å²) in [6, 6.07) is 7.12. The molecule has 0 unspecified atom stereocenters. The average Bonchev–Trinajstić information content (AvgIpc) is 2.84. The van der Waals surface area contributed by atoms with Crippen molar-refractivity contribution in [3.05, 3.63) is 53.4 Å². The lowest BCUT2D eigenvalue weighted by atomic mass is 10.1. The summed E-state index contributed by atoms with van der Waals surface area (Å²) in [6.07, 6.45) is 4.81. The van der Waals surface area contributed by atoms with Crippen LogP contribution in [0.25, 0.3) is 6.08 Å². The molecule has 23 heavy (non-hydrogen) atoms. The minimum absolute atomic E-state index is 0.0567. The molecule has 0 amide bonds. The van der Waals surface area contributed by atoms with Gasteiger partial charge >= 0.3 is 5.97 Å². The van der Waals surface area contributed by atoms with E-state index in [1.54, 1.807) is 49.1 Å². The predicted molar refractivity (Wildman–Crippen MR) is 85.5 cm³/mol. The van der Waals surface area contributed by atoms with Crippen molar-refractivity contribution in [1.82, 2.24) is 9.78 Å². The van der Waals surface area contributed by atoms with Crippen molar-refractivity contribution in [2.45, 2.75) is 13.3 Å². The number of ketones is 1. The topological polar surface area (TPSA) is 81.4 Å². The molecule has 0 fully saturated rings. The summed E-state index contributed by atoms with van der Waals surface area (Å²) in [7, 11) is 1.77. The number of rotatable bonds is 7. The standard InChI is InChI=1S/C17H18N2O4/c1-12-15(11-19(2)18-12)16(20)7-6-13-4-3-5-14(10-13)23-9-8-17(21)22/h3-7,10-11H,8-9H2,1-2H3,(H,21,22)/b7-6-. The molecule has 1 aromatic heterocycles. The highest BCUT2D eigenvalue weighted by Gasteiger charge is 2.09. The van der Waals surface area contributed by atoms with E-state index >= 15 is 0 Å². The van der Waals surface area contributed by atoms with Crippen molar-refractivity contribution >= 4 is 17.8 Å². The number of hydrogen-bond acceptors (Lipinski definition) is 4. The summed E-state index contributed by atoms with van der Waals surface area (Å²) in [5.41, 5.74) is 2.05. The number of hydrogen-bond donors (Lipinski definition) is 1. The Kier molecular flexibility index (Phi) is 5.30. The molecule has 6 heteroatoms. The van der Waals surface area contributed by atoms with Gasteiger partial charge in [-0.3, -0.25) is 14.3 Å². The molecule has 0 saturated carbocycles. The van der Waals surface area contributed by atoms with E-state index in [1.165, 1.54) is 6.08 Å². The molecule has 1 N–H and O–H groups in total. The van der Waals surface area contributed by atoms with Gasteiger partial charge in [-0.05, 0) is 30.7 Å². The molecule has 1 heterocycles. The van der Waals surface area contributed by atoms with Gasteiger partial charge in [-0.1, -0.05) is 18.2 Å². The number of aromatic nitrogens is 2. The first kappa shape index (κ1) is 16.5. The van der Waals surface area contributed by atoms with Crippen LogP contribution in [0.2, 0.25) is 0 Å². The van der Waals surface area contributed by atoms with Gasteiger partial charge in [0, 0.05) is 13.2 Å². The molecule has 0 aliphatic carbocycles.